The summed E-state index contributed by atoms with van der Waals surface area (Å²) in [6, 6.07) is 0. The van der Waals surface area contributed by atoms with E-state index < -0.39 is 0 Å². The van der Waals surface area contributed by atoms with Crippen molar-refractivity contribution < 1.29 is 14.3 Å². The first-order valence-electron chi connectivity index (χ1n) is 8.89. The van der Waals surface area contributed by atoms with E-state index >= 15 is 0 Å². The molecule has 0 heterocycles. The smallest absolute Gasteiger partial charge is 0.207 e. The van der Waals surface area contributed by atoms with E-state index in [4.69, 9.17) is 9.47 Å². The molecule has 0 atom stereocenters. The van der Waals surface area contributed by atoms with E-state index in [9.17, 15) is 4.79 Å². The van der Waals surface area contributed by atoms with Gasteiger partial charge in [-0.05, 0) is 39.2 Å². The molecule has 2 N–H and O–H groups in total. The van der Waals surface area contributed by atoms with Crippen molar-refractivity contribution in [1.29, 1.82) is 0 Å². The van der Waals surface area contributed by atoms with Crippen LogP contribution in [0.25, 0.3) is 0 Å². The van der Waals surface area contributed by atoms with Crippen molar-refractivity contribution >= 4 is 6.41 Å². The molecule has 0 aliphatic carbocycles. The van der Waals surface area contributed by atoms with Crippen LogP contribution in [-0.4, -0.2) is 53.0 Å². The Labute approximate surface area is 136 Å². The first-order chi connectivity index (χ1) is 10.9. The summed E-state index contributed by atoms with van der Waals surface area (Å²) in [6.07, 6.45) is 11.5. The maximum Gasteiger partial charge on any atom is 0.207 e. The minimum absolute atomic E-state index is 0.757. The summed E-state index contributed by atoms with van der Waals surface area (Å²) in [5.74, 6) is 0. The molecule has 1 amide bonds. The first kappa shape index (κ1) is 21.4. The average molecular weight is 316 g/mol. The molecule has 0 spiro atoms. The Balaban J connectivity index is 2.92. The molecule has 5 heteroatoms. The van der Waals surface area contributed by atoms with Crippen LogP contribution in [-0.2, 0) is 14.3 Å². The second-order valence-corrected chi connectivity index (χ2v) is 5.58. The molecular formula is C17H36N2O3. The highest BCUT2D eigenvalue weighted by molar-refractivity contribution is 5.45. The third-order valence-corrected chi connectivity index (χ3v) is 3.52. The summed E-state index contributed by atoms with van der Waals surface area (Å²) in [4.78, 5) is 10.0. The third-order valence-electron chi connectivity index (χ3n) is 3.52. The molecular weight excluding hydrogens is 280 g/mol. The van der Waals surface area contributed by atoms with Gasteiger partial charge in [0.15, 0.2) is 0 Å². The van der Waals surface area contributed by atoms with Crippen LogP contribution in [0.15, 0.2) is 0 Å². The third kappa shape index (κ3) is 19.4. The predicted octanol–water partition coefficient (Wildman–Crippen LogP) is 2.50. The number of carbonyl (C=O) groups is 1. The number of hydrogen-bond acceptors (Lipinski definition) is 4. The van der Waals surface area contributed by atoms with Crippen LogP contribution in [0.3, 0.4) is 0 Å². The average Bonchev–Trinajstić information content (AvgIpc) is 2.54. The molecule has 132 valence electrons. The van der Waals surface area contributed by atoms with Crippen molar-refractivity contribution in [1.82, 2.24) is 10.6 Å². The van der Waals surface area contributed by atoms with Crippen molar-refractivity contribution in [2.45, 2.75) is 57.8 Å². The highest BCUT2D eigenvalue weighted by Gasteiger charge is 1.94. The summed E-state index contributed by atoms with van der Waals surface area (Å²) >= 11 is 0. The van der Waals surface area contributed by atoms with Crippen molar-refractivity contribution in [3.63, 3.8) is 0 Å². The van der Waals surface area contributed by atoms with E-state index in [1.807, 2.05) is 7.05 Å². The SMILES string of the molecule is CNCCOCCCCCCCCOCCCCCNC=O. The Morgan fingerprint density at radius 2 is 1.18 bits per heavy atom. The molecule has 0 radical (unpaired) electrons. The number of hydrogen-bond donors (Lipinski definition) is 2. The fourth-order valence-electron chi connectivity index (χ4n) is 2.16. The number of ether oxygens (including phenoxy) is 2. The monoisotopic (exact) mass is 316 g/mol. The van der Waals surface area contributed by atoms with Crippen LogP contribution in [0.2, 0.25) is 0 Å². The van der Waals surface area contributed by atoms with Gasteiger partial charge in [0.2, 0.25) is 6.41 Å². The second-order valence-electron chi connectivity index (χ2n) is 5.58. The standard InChI is InChI=1S/C17H36N2O3/c1-18-12-16-22-15-9-5-3-2-4-8-13-21-14-10-6-7-11-19-17-20/h17-18H,2-16H2,1H3,(H,19,20). The molecule has 0 aromatic rings. The lowest BCUT2D eigenvalue weighted by molar-refractivity contribution is -0.109. The number of carbonyl (C=O) groups excluding carboxylic acids is 1. The van der Waals surface area contributed by atoms with Gasteiger partial charge >= 0.3 is 0 Å². The zero-order valence-corrected chi connectivity index (χ0v) is 14.4. The van der Waals surface area contributed by atoms with E-state index in [1.165, 1.54) is 38.5 Å². The van der Waals surface area contributed by atoms with Crippen LogP contribution in [0, 0.1) is 0 Å². The predicted molar refractivity (Wildman–Crippen MR) is 91.2 cm³/mol. The maximum absolute atomic E-state index is 10.0. The van der Waals surface area contributed by atoms with E-state index in [1.54, 1.807) is 0 Å². The molecule has 0 aliphatic heterocycles. The Kier molecular flexibility index (Phi) is 19.7. The molecule has 0 aromatic heterocycles. The summed E-state index contributed by atoms with van der Waals surface area (Å²) in [6.45, 7) is 5.18. The van der Waals surface area contributed by atoms with Gasteiger partial charge in [0, 0.05) is 32.9 Å². The van der Waals surface area contributed by atoms with Gasteiger partial charge in [0.25, 0.3) is 0 Å². The molecule has 0 bridgehead atoms. The fraction of sp³-hybridized carbons (Fsp3) is 0.941. The minimum Gasteiger partial charge on any atom is -0.381 e. The molecule has 0 aliphatic rings. The topological polar surface area (TPSA) is 59.6 Å². The van der Waals surface area contributed by atoms with E-state index in [0.29, 0.717) is 0 Å². The molecule has 0 fully saturated rings. The van der Waals surface area contributed by atoms with Gasteiger partial charge in [-0.15, -0.1) is 0 Å². The molecule has 5 nitrogen and oxygen atoms in total. The Bertz CT molecular complexity index is 216. The second kappa shape index (κ2) is 20.3. The van der Waals surface area contributed by atoms with Crippen molar-refractivity contribution in [2.24, 2.45) is 0 Å². The van der Waals surface area contributed by atoms with Crippen molar-refractivity contribution in [3.8, 4) is 0 Å². The molecule has 0 unspecified atom stereocenters. The van der Waals surface area contributed by atoms with E-state index in [-0.39, 0.29) is 0 Å². The number of rotatable bonds is 19. The van der Waals surface area contributed by atoms with Crippen molar-refractivity contribution in [2.75, 3.05) is 46.6 Å². The highest BCUT2D eigenvalue weighted by atomic mass is 16.5. The van der Waals surface area contributed by atoms with Gasteiger partial charge < -0.3 is 20.1 Å². The van der Waals surface area contributed by atoms with Crippen LogP contribution in [0.5, 0.6) is 0 Å². The number of amides is 1. The zero-order chi connectivity index (χ0) is 16.1. The van der Waals surface area contributed by atoms with Gasteiger partial charge in [-0.2, -0.15) is 0 Å². The molecule has 0 rings (SSSR count). The van der Waals surface area contributed by atoms with E-state index in [0.717, 1.165) is 65.2 Å². The minimum atomic E-state index is 0.757. The zero-order valence-electron chi connectivity index (χ0n) is 14.4. The molecule has 0 saturated carbocycles. The van der Waals surface area contributed by atoms with Gasteiger partial charge in [-0.3, -0.25) is 4.79 Å². The Morgan fingerprint density at radius 3 is 1.73 bits per heavy atom. The normalized spacial score (nSPS) is 10.8. The number of unbranched alkanes of at least 4 members (excludes halogenated alkanes) is 7. The van der Waals surface area contributed by atoms with Crippen molar-refractivity contribution in [3.05, 3.63) is 0 Å². The van der Waals surface area contributed by atoms with Crippen LogP contribution in [0.1, 0.15) is 57.8 Å². The largest absolute Gasteiger partial charge is 0.381 e. The fourth-order valence-corrected chi connectivity index (χ4v) is 2.16. The maximum atomic E-state index is 10.0. The summed E-state index contributed by atoms with van der Waals surface area (Å²) < 4.78 is 11.1. The van der Waals surface area contributed by atoms with Gasteiger partial charge in [-0.25, -0.2) is 0 Å². The highest BCUT2D eigenvalue weighted by Crippen LogP contribution is 2.06. The lowest BCUT2D eigenvalue weighted by atomic mass is 10.1. The summed E-state index contributed by atoms with van der Waals surface area (Å²) in [5.41, 5.74) is 0. The number of nitrogens with one attached hydrogen (secondary N) is 2. The number of likely N-dealkylation sites (N-methyl/N-ethyl adjacent to an activating group) is 1. The molecule has 0 saturated heterocycles. The molecule has 22 heavy (non-hydrogen) atoms. The lowest BCUT2D eigenvalue weighted by Gasteiger charge is -2.05. The van der Waals surface area contributed by atoms with Gasteiger partial charge in [0.05, 0.1) is 6.61 Å². The summed E-state index contributed by atoms with van der Waals surface area (Å²) in [7, 11) is 1.95. The molecule has 0 aromatic carbocycles. The van der Waals surface area contributed by atoms with Gasteiger partial charge in [0.1, 0.15) is 0 Å². The van der Waals surface area contributed by atoms with Crippen LogP contribution >= 0.6 is 0 Å². The quantitative estimate of drug-likeness (QED) is 0.284. The first-order valence-corrected chi connectivity index (χ1v) is 8.89. The van der Waals surface area contributed by atoms with Gasteiger partial charge in [-0.1, -0.05) is 25.7 Å². The van der Waals surface area contributed by atoms with Crippen LogP contribution < -0.4 is 10.6 Å². The Hall–Kier alpha value is -0.650. The van der Waals surface area contributed by atoms with E-state index in [2.05, 4.69) is 10.6 Å². The Morgan fingerprint density at radius 1 is 0.682 bits per heavy atom. The van der Waals surface area contributed by atoms with Crippen LogP contribution in [0.4, 0.5) is 0 Å². The summed E-state index contributed by atoms with van der Waals surface area (Å²) in [5, 5.41) is 5.74. The lowest BCUT2D eigenvalue weighted by Crippen LogP contribution is -2.14.